The van der Waals surface area contributed by atoms with Crippen LogP contribution in [0, 0.1) is 12.8 Å². The smallest absolute Gasteiger partial charge is 0.264 e. The van der Waals surface area contributed by atoms with Gasteiger partial charge in [-0.1, -0.05) is 19.9 Å². The molecule has 0 saturated heterocycles. The van der Waals surface area contributed by atoms with Crippen LogP contribution in [0.2, 0.25) is 0 Å². The molecule has 162 valence electrons. The number of benzene rings is 1. The fourth-order valence-corrected chi connectivity index (χ4v) is 3.73. The van der Waals surface area contributed by atoms with Gasteiger partial charge in [0.25, 0.3) is 5.56 Å². The normalized spacial score (nSPS) is 15.5. The number of H-pyrrole nitrogens is 1. The van der Waals surface area contributed by atoms with Crippen LogP contribution in [0.3, 0.4) is 0 Å². The average molecular weight is 423 g/mol. The van der Waals surface area contributed by atoms with Gasteiger partial charge in [0.05, 0.1) is 19.4 Å². The highest BCUT2D eigenvalue weighted by Gasteiger charge is 2.33. The Morgan fingerprint density at radius 1 is 1.19 bits per heavy atom. The van der Waals surface area contributed by atoms with Gasteiger partial charge in [-0.05, 0) is 36.6 Å². The summed E-state index contributed by atoms with van der Waals surface area (Å²) >= 11 is 0. The summed E-state index contributed by atoms with van der Waals surface area (Å²) in [6.07, 6.45) is 0.286. The summed E-state index contributed by atoms with van der Waals surface area (Å²) in [5.74, 6) is 2.33. The first kappa shape index (κ1) is 20.6. The van der Waals surface area contributed by atoms with Gasteiger partial charge in [-0.3, -0.25) is 9.59 Å². The highest BCUT2D eigenvalue weighted by molar-refractivity contribution is 5.95. The van der Waals surface area contributed by atoms with Crippen LogP contribution in [0.15, 0.2) is 35.1 Å². The van der Waals surface area contributed by atoms with E-state index in [-0.39, 0.29) is 23.8 Å². The molecule has 0 saturated carbocycles. The highest BCUT2D eigenvalue weighted by atomic mass is 16.5. The van der Waals surface area contributed by atoms with Crippen molar-refractivity contribution in [2.45, 2.75) is 33.1 Å². The zero-order chi connectivity index (χ0) is 22.1. The minimum absolute atomic E-state index is 0.123. The third-order valence-corrected chi connectivity index (χ3v) is 5.15. The second kappa shape index (κ2) is 8.25. The quantitative estimate of drug-likeness (QED) is 0.631. The van der Waals surface area contributed by atoms with Gasteiger partial charge in [0.1, 0.15) is 5.82 Å². The molecule has 0 unspecified atom stereocenters. The topological polar surface area (TPSA) is 111 Å². The Bertz CT molecular complexity index is 1160. The number of hydrogen-bond donors (Lipinski definition) is 2. The number of anilines is 1. The summed E-state index contributed by atoms with van der Waals surface area (Å²) in [5.41, 5.74) is 2.30. The molecule has 4 rings (SSSR count). The monoisotopic (exact) mass is 423 g/mol. The Hall–Kier alpha value is -3.62. The minimum atomic E-state index is -0.310. The Kier molecular flexibility index (Phi) is 5.50. The third-order valence-electron chi connectivity index (χ3n) is 5.15. The van der Waals surface area contributed by atoms with Crippen LogP contribution >= 0.6 is 0 Å². The predicted molar refractivity (Wildman–Crippen MR) is 115 cm³/mol. The van der Waals surface area contributed by atoms with E-state index in [4.69, 9.17) is 9.47 Å². The van der Waals surface area contributed by atoms with Crippen LogP contribution in [0.25, 0.3) is 5.82 Å². The van der Waals surface area contributed by atoms with Crippen LogP contribution in [0.1, 0.15) is 43.0 Å². The van der Waals surface area contributed by atoms with E-state index in [1.54, 1.807) is 17.9 Å². The summed E-state index contributed by atoms with van der Waals surface area (Å²) in [6.45, 7) is 6.65. The lowest BCUT2D eigenvalue weighted by Crippen LogP contribution is -2.25. The predicted octanol–water partition coefficient (Wildman–Crippen LogP) is 2.78. The molecule has 2 N–H and O–H groups in total. The van der Waals surface area contributed by atoms with Crippen molar-refractivity contribution in [1.29, 1.82) is 0 Å². The first-order valence-electron chi connectivity index (χ1n) is 10.1. The van der Waals surface area contributed by atoms with Crippen molar-refractivity contribution in [2.75, 3.05) is 19.0 Å². The number of amides is 1. The maximum atomic E-state index is 12.6. The molecular formula is C22H25N5O4. The van der Waals surface area contributed by atoms with Crippen molar-refractivity contribution >= 4 is 11.7 Å². The van der Waals surface area contributed by atoms with Crippen LogP contribution in [-0.2, 0) is 4.79 Å². The minimum Gasteiger partial charge on any atom is -0.493 e. The Morgan fingerprint density at radius 2 is 2.00 bits per heavy atom. The zero-order valence-electron chi connectivity index (χ0n) is 17.9. The van der Waals surface area contributed by atoms with Crippen molar-refractivity contribution in [3.05, 3.63) is 57.5 Å². The van der Waals surface area contributed by atoms with E-state index in [0.29, 0.717) is 35.7 Å². The molecule has 1 amide bonds. The van der Waals surface area contributed by atoms with E-state index in [0.717, 1.165) is 16.8 Å². The summed E-state index contributed by atoms with van der Waals surface area (Å²) in [6, 6.07) is 8.68. The molecule has 1 aliphatic rings. The molecule has 3 heterocycles. The van der Waals surface area contributed by atoms with Gasteiger partial charge in [-0.2, -0.15) is 14.9 Å². The molecular weight excluding hydrogens is 398 g/mol. The second-order valence-electron chi connectivity index (χ2n) is 7.96. The molecule has 0 radical (unpaired) electrons. The maximum absolute atomic E-state index is 12.6. The molecule has 1 aromatic carbocycles. The number of fused-ring (bicyclic) bond motifs is 1. The average Bonchev–Trinajstić information content (AvgIpc) is 3.08. The molecule has 0 fully saturated rings. The molecule has 9 heteroatoms. The highest BCUT2D eigenvalue weighted by Crippen LogP contribution is 2.42. The van der Waals surface area contributed by atoms with Crippen molar-refractivity contribution < 1.29 is 14.3 Å². The van der Waals surface area contributed by atoms with Crippen molar-refractivity contribution in [2.24, 2.45) is 5.92 Å². The molecule has 0 bridgehead atoms. The Morgan fingerprint density at radius 3 is 2.68 bits per heavy atom. The number of carbonyl (C=O) groups is 1. The van der Waals surface area contributed by atoms with Crippen LogP contribution in [0.4, 0.5) is 5.82 Å². The molecule has 9 nitrogen and oxygen atoms in total. The first-order valence-corrected chi connectivity index (χ1v) is 10.1. The third kappa shape index (κ3) is 4.03. The van der Waals surface area contributed by atoms with E-state index in [2.05, 4.69) is 34.5 Å². The largest absolute Gasteiger partial charge is 0.493 e. The van der Waals surface area contributed by atoms with Gasteiger partial charge in [0, 0.05) is 24.0 Å². The van der Waals surface area contributed by atoms with E-state index >= 15 is 0 Å². The van der Waals surface area contributed by atoms with Crippen LogP contribution in [-0.4, -0.2) is 39.6 Å². The second-order valence-corrected chi connectivity index (χ2v) is 7.96. The lowest BCUT2D eigenvalue weighted by Gasteiger charge is -2.25. The van der Waals surface area contributed by atoms with Crippen molar-refractivity contribution in [1.82, 2.24) is 20.0 Å². The molecule has 1 aliphatic heterocycles. The maximum Gasteiger partial charge on any atom is 0.264 e. The van der Waals surface area contributed by atoms with Gasteiger partial charge in [0.2, 0.25) is 5.91 Å². The van der Waals surface area contributed by atoms with E-state index in [9.17, 15) is 9.59 Å². The van der Waals surface area contributed by atoms with Crippen LogP contribution < -0.4 is 20.3 Å². The summed E-state index contributed by atoms with van der Waals surface area (Å²) in [5, 5.41) is 13.9. The van der Waals surface area contributed by atoms with Gasteiger partial charge >= 0.3 is 0 Å². The fourth-order valence-electron chi connectivity index (χ4n) is 3.73. The van der Waals surface area contributed by atoms with Crippen molar-refractivity contribution in [3.63, 3.8) is 0 Å². The van der Waals surface area contributed by atoms with Gasteiger partial charge in [0.15, 0.2) is 17.3 Å². The lowest BCUT2D eigenvalue weighted by atomic mass is 9.85. The van der Waals surface area contributed by atoms with Gasteiger partial charge < -0.3 is 14.8 Å². The van der Waals surface area contributed by atoms with E-state index in [1.807, 2.05) is 25.1 Å². The summed E-state index contributed by atoms with van der Waals surface area (Å²) < 4.78 is 13.0. The Balaban J connectivity index is 1.76. The summed E-state index contributed by atoms with van der Waals surface area (Å²) in [7, 11) is 1.60. The number of aryl methyl sites for hydroxylation is 1. The molecule has 31 heavy (non-hydrogen) atoms. The molecule has 1 atom stereocenters. The zero-order valence-corrected chi connectivity index (χ0v) is 17.9. The van der Waals surface area contributed by atoms with Gasteiger partial charge in [-0.15, -0.1) is 0 Å². The number of aromatic nitrogens is 4. The number of aromatic amines is 1. The number of carbonyl (C=O) groups excluding carboxylic acids is 1. The fraction of sp³-hybridized carbons (Fsp3) is 0.364. The number of hydrogen-bond acceptors (Lipinski definition) is 6. The number of rotatable bonds is 6. The SMILES string of the molecule is COc1cc([C@H]2CC(=O)Nc3c2c(C)nn3-c2ccc(=O)[nH]n2)ccc1OCC(C)C. The lowest BCUT2D eigenvalue weighted by molar-refractivity contribution is -0.116. The Labute approximate surface area is 179 Å². The molecule has 0 aliphatic carbocycles. The van der Waals surface area contributed by atoms with Gasteiger partial charge in [-0.25, -0.2) is 5.10 Å². The number of nitrogens with zero attached hydrogens (tertiary/aromatic N) is 3. The van der Waals surface area contributed by atoms with Crippen molar-refractivity contribution in [3.8, 4) is 17.3 Å². The number of ether oxygens (including phenoxy) is 2. The number of nitrogens with one attached hydrogen (secondary N) is 2. The first-order chi connectivity index (χ1) is 14.9. The van der Waals surface area contributed by atoms with E-state index < -0.39 is 0 Å². The van der Waals surface area contributed by atoms with Crippen LogP contribution in [0.5, 0.6) is 11.5 Å². The van der Waals surface area contributed by atoms with E-state index in [1.165, 1.54) is 6.07 Å². The standard InChI is InChI=1S/C22H25N5O4/c1-12(2)11-31-16-6-5-14(9-17(16)30-4)15-10-20(29)23-22-21(15)13(3)26-27(22)18-7-8-19(28)25-24-18/h5-9,12,15H,10-11H2,1-4H3,(H,23,29)(H,25,28)/t15-/m1/s1. The molecule has 2 aromatic heterocycles. The number of methoxy groups -OCH3 is 1. The molecule has 3 aromatic rings. The summed E-state index contributed by atoms with van der Waals surface area (Å²) in [4.78, 5) is 23.9. The molecule has 0 spiro atoms.